The standard InChI is InChI=1S/C11H14N6O/c1-2-16-4-3-13-11(16)10(18)9-7-17(15-14-9)8-5-12-6-8/h3-4,7-8,12H,2,5-6H2,1H3. The van der Waals surface area contributed by atoms with Gasteiger partial charge in [-0.15, -0.1) is 5.10 Å². The van der Waals surface area contributed by atoms with Crippen LogP contribution in [0.4, 0.5) is 0 Å². The van der Waals surface area contributed by atoms with Crippen molar-refractivity contribution in [3.8, 4) is 0 Å². The van der Waals surface area contributed by atoms with Crippen LogP contribution in [0.3, 0.4) is 0 Å². The van der Waals surface area contributed by atoms with E-state index < -0.39 is 0 Å². The maximum Gasteiger partial charge on any atom is 0.250 e. The van der Waals surface area contributed by atoms with Gasteiger partial charge in [-0.25, -0.2) is 9.67 Å². The lowest BCUT2D eigenvalue weighted by atomic mass is 10.2. The molecule has 7 nitrogen and oxygen atoms in total. The Kier molecular flexibility index (Phi) is 2.67. The van der Waals surface area contributed by atoms with Crippen LogP contribution in [-0.4, -0.2) is 43.4 Å². The second-order valence-corrected chi connectivity index (χ2v) is 4.26. The van der Waals surface area contributed by atoms with Gasteiger partial charge in [0.2, 0.25) is 5.78 Å². The number of aryl methyl sites for hydroxylation is 1. The molecule has 2 aromatic rings. The Morgan fingerprint density at radius 3 is 3.06 bits per heavy atom. The highest BCUT2D eigenvalue weighted by Gasteiger charge is 2.23. The van der Waals surface area contributed by atoms with Crippen LogP contribution in [0.15, 0.2) is 18.6 Å². The number of ketones is 1. The lowest BCUT2D eigenvalue weighted by Crippen LogP contribution is -2.43. The summed E-state index contributed by atoms with van der Waals surface area (Å²) >= 11 is 0. The van der Waals surface area contributed by atoms with Crippen molar-refractivity contribution in [2.75, 3.05) is 13.1 Å². The Morgan fingerprint density at radius 1 is 1.56 bits per heavy atom. The summed E-state index contributed by atoms with van der Waals surface area (Å²) < 4.78 is 3.54. The molecule has 1 fully saturated rings. The number of hydrogen-bond acceptors (Lipinski definition) is 5. The number of aromatic nitrogens is 5. The number of imidazole rings is 1. The molecule has 0 amide bonds. The highest BCUT2D eigenvalue weighted by molar-refractivity contribution is 6.05. The largest absolute Gasteiger partial charge is 0.328 e. The van der Waals surface area contributed by atoms with Crippen molar-refractivity contribution >= 4 is 5.78 Å². The molecular formula is C11H14N6O. The van der Waals surface area contributed by atoms with E-state index in [0.717, 1.165) is 13.1 Å². The number of carbonyl (C=O) groups is 1. The van der Waals surface area contributed by atoms with Crippen molar-refractivity contribution in [2.45, 2.75) is 19.5 Å². The monoisotopic (exact) mass is 246 g/mol. The van der Waals surface area contributed by atoms with E-state index in [1.165, 1.54) is 0 Å². The Labute approximate surface area is 104 Å². The molecular weight excluding hydrogens is 232 g/mol. The molecule has 0 unspecified atom stereocenters. The molecule has 3 heterocycles. The average molecular weight is 246 g/mol. The van der Waals surface area contributed by atoms with Gasteiger partial charge < -0.3 is 9.88 Å². The third-order valence-electron chi connectivity index (χ3n) is 3.14. The van der Waals surface area contributed by atoms with Gasteiger partial charge in [-0.1, -0.05) is 5.21 Å². The normalized spacial score (nSPS) is 15.6. The fourth-order valence-electron chi connectivity index (χ4n) is 1.91. The molecule has 0 spiro atoms. The summed E-state index contributed by atoms with van der Waals surface area (Å²) in [6.45, 7) is 4.43. The van der Waals surface area contributed by atoms with Crippen LogP contribution in [0.2, 0.25) is 0 Å². The molecule has 18 heavy (non-hydrogen) atoms. The molecule has 0 aliphatic carbocycles. The van der Waals surface area contributed by atoms with Crippen molar-refractivity contribution < 1.29 is 4.79 Å². The van der Waals surface area contributed by atoms with E-state index in [1.54, 1.807) is 27.8 Å². The van der Waals surface area contributed by atoms with Crippen LogP contribution in [0, 0.1) is 0 Å². The van der Waals surface area contributed by atoms with Crippen LogP contribution in [-0.2, 0) is 6.54 Å². The van der Waals surface area contributed by atoms with E-state index in [4.69, 9.17) is 0 Å². The fourth-order valence-corrected chi connectivity index (χ4v) is 1.91. The molecule has 0 saturated carbocycles. The third kappa shape index (κ3) is 1.72. The van der Waals surface area contributed by atoms with Gasteiger partial charge in [0.1, 0.15) is 0 Å². The highest BCUT2D eigenvalue weighted by atomic mass is 16.1. The highest BCUT2D eigenvalue weighted by Crippen LogP contribution is 2.12. The molecule has 0 radical (unpaired) electrons. The van der Waals surface area contributed by atoms with Crippen LogP contribution >= 0.6 is 0 Å². The molecule has 1 N–H and O–H groups in total. The minimum Gasteiger partial charge on any atom is -0.328 e. The Bertz CT molecular complexity index is 568. The molecule has 0 atom stereocenters. The van der Waals surface area contributed by atoms with Gasteiger partial charge in [0, 0.05) is 32.0 Å². The van der Waals surface area contributed by atoms with Crippen molar-refractivity contribution in [1.29, 1.82) is 0 Å². The minimum absolute atomic E-state index is 0.180. The van der Waals surface area contributed by atoms with E-state index in [0.29, 0.717) is 24.1 Å². The number of rotatable bonds is 4. The summed E-state index contributed by atoms with van der Waals surface area (Å²) in [6, 6.07) is 0.310. The van der Waals surface area contributed by atoms with Crippen LogP contribution < -0.4 is 5.32 Å². The number of nitrogens with one attached hydrogen (secondary N) is 1. The van der Waals surface area contributed by atoms with Gasteiger partial charge in [0.15, 0.2) is 11.5 Å². The summed E-state index contributed by atoms with van der Waals surface area (Å²) in [4.78, 5) is 16.3. The van der Waals surface area contributed by atoms with Gasteiger partial charge in [-0.05, 0) is 6.92 Å². The van der Waals surface area contributed by atoms with Gasteiger partial charge in [0.05, 0.1) is 12.2 Å². The van der Waals surface area contributed by atoms with Crippen molar-refractivity contribution in [3.05, 3.63) is 30.1 Å². The molecule has 1 aliphatic heterocycles. The van der Waals surface area contributed by atoms with Crippen molar-refractivity contribution in [2.24, 2.45) is 0 Å². The summed E-state index contributed by atoms with van der Waals surface area (Å²) in [5.41, 5.74) is 0.350. The Morgan fingerprint density at radius 2 is 2.39 bits per heavy atom. The minimum atomic E-state index is -0.180. The fraction of sp³-hybridized carbons (Fsp3) is 0.455. The zero-order chi connectivity index (χ0) is 12.5. The first-order valence-electron chi connectivity index (χ1n) is 5.98. The number of hydrogen-bond donors (Lipinski definition) is 1. The topological polar surface area (TPSA) is 77.6 Å². The molecule has 1 aliphatic rings. The Balaban J connectivity index is 1.85. The van der Waals surface area contributed by atoms with E-state index >= 15 is 0 Å². The van der Waals surface area contributed by atoms with Crippen LogP contribution in [0.5, 0.6) is 0 Å². The summed E-state index contributed by atoms with van der Waals surface area (Å²) in [6.07, 6.45) is 5.10. The van der Waals surface area contributed by atoms with Crippen LogP contribution in [0.1, 0.15) is 29.3 Å². The SMILES string of the molecule is CCn1ccnc1C(=O)c1cn(C2CNC2)nn1. The zero-order valence-electron chi connectivity index (χ0n) is 10.1. The molecule has 3 rings (SSSR count). The summed E-state index contributed by atoms with van der Waals surface area (Å²) in [5.74, 6) is 0.233. The molecule has 0 bridgehead atoms. The quantitative estimate of drug-likeness (QED) is 0.760. The smallest absolute Gasteiger partial charge is 0.250 e. The van der Waals surface area contributed by atoms with Gasteiger partial charge in [-0.3, -0.25) is 4.79 Å². The first-order valence-corrected chi connectivity index (χ1v) is 5.98. The van der Waals surface area contributed by atoms with E-state index in [2.05, 4.69) is 20.6 Å². The zero-order valence-corrected chi connectivity index (χ0v) is 10.1. The van der Waals surface area contributed by atoms with Gasteiger partial charge in [-0.2, -0.15) is 0 Å². The molecule has 94 valence electrons. The summed E-state index contributed by atoms with van der Waals surface area (Å²) in [5, 5.41) is 11.1. The van der Waals surface area contributed by atoms with Gasteiger partial charge >= 0.3 is 0 Å². The van der Waals surface area contributed by atoms with Crippen molar-refractivity contribution in [1.82, 2.24) is 29.9 Å². The molecule has 1 saturated heterocycles. The van der Waals surface area contributed by atoms with E-state index in [1.807, 2.05) is 6.92 Å². The Hall–Kier alpha value is -2.02. The molecule has 7 heteroatoms. The first-order chi connectivity index (χ1) is 8.79. The summed E-state index contributed by atoms with van der Waals surface area (Å²) in [7, 11) is 0. The van der Waals surface area contributed by atoms with Gasteiger partial charge in [0.25, 0.3) is 0 Å². The molecule has 0 aromatic carbocycles. The predicted octanol–water partition coefficient (Wildman–Crippen LogP) is -0.130. The lowest BCUT2D eigenvalue weighted by Gasteiger charge is -2.26. The first kappa shape index (κ1) is 11.1. The average Bonchev–Trinajstić information content (AvgIpc) is 2.93. The van der Waals surface area contributed by atoms with E-state index in [-0.39, 0.29) is 5.78 Å². The molecule has 2 aromatic heterocycles. The second kappa shape index (κ2) is 4.34. The maximum absolute atomic E-state index is 12.2. The predicted molar refractivity (Wildman–Crippen MR) is 63.3 cm³/mol. The number of carbonyl (C=O) groups excluding carboxylic acids is 1. The lowest BCUT2D eigenvalue weighted by molar-refractivity contribution is 0.102. The van der Waals surface area contributed by atoms with Crippen molar-refractivity contribution in [3.63, 3.8) is 0 Å². The van der Waals surface area contributed by atoms with E-state index in [9.17, 15) is 4.79 Å². The van der Waals surface area contributed by atoms with Crippen LogP contribution in [0.25, 0.3) is 0 Å². The second-order valence-electron chi connectivity index (χ2n) is 4.26. The third-order valence-corrected chi connectivity index (χ3v) is 3.14. The maximum atomic E-state index is 12.2. The number of nitrogens with zero attached hydrogens (tertiary/aromatic N) is 5.